The Morgan fingerprint density at radius 1 is 1.43 bits per heavy atom. The fourth-order valence-electron chi connectivity index (χ4n) is 3.36. The van der Waals surface area contributed by atoms with Crippen molar-refractivity contribution in [1.82, 2.24) is 15.6 Å². The summed E-state index contributed by atoms with van der Waals surface area (Å²) in [5, 5.41) is 5.86. The third kappa shape index (κ3) is 3.25. The molecule has 0 spiro atoms. The summed E-state index contributed by atoms with van der Waals surface area (Å²) >= 11 is 0. The van der Waals surface area contributed by atoms with Crippen LogP contribution in [0.15, 0.2) is 18.3 Å². The molecule has 23 heavy (non-hydrogen) atoms. The molecule has 6 nitrogen and oxygen atoms in total. The van der Waals surface area contributed by atoms with Gasteiger partial charge in [-0.3, -0.25) is 9.59 Å². The standard InChI is InChI=1S/C15H17F2N3O3/c16-14(17)23-12-5-4-9(8-18-12)13(22)20-15-6-2-1-3-10(15)19-11(21)7-15/h4-5,8,10,14H,1-3,6-7H2,(H,19,21)(H,20,22)/t10-,15+/m0/s1. The second-order valence-corrected chi connectivity index (χ2v) is 5.92. The van der Waals surface area contributed by atoms with Crippen LogP contribution >= 0.6 is 0 Å². The van der Waals surface area contributed by atoms with Gasteiger partial charge in [0, 0.05) is 12.3 Å². The highest BCUT2D eigenvalue weighted by Gasteiger charge is 2.49. The van der Waals surface area contributed by atoms with E-state index in [1.165, 1.54) is 18.3 Å². The molecular formula is C15H17F2N3O3. The summed E-state index contributed by atoms with van der Waals surface area (Å²) in [6.45, 7) is -2.96. The van der Waals surface area contributed by atoms with Crippen LogP contribution in [0.25, 0.3) is 0 Å². The molecule has 124 valence electrons. The van der Waals surface area contributed by atoms with E-state index < -0.39 is 12.2 Å². The second kappa shape index (κ2) is 6.10. The van der Waals surface area contributed by atoms with Gasteiger partial charge in [0.05, 0.1) is 23.6 Å². The Kier molecular flexibility index (Phi) is 4.14. The molecule has 2 amide bonds. The average molecular weight is 325 g/mol. The fraction of sp³-hybridized carbons (Fsp3) is 0.533. The zero-order valence-electron chi connectivity index (χ0n) is 12.4. The number of nitrogens with zero attached hydrogens (tertiary/aromatic N) is 1. The minimum atomic E-state index is -2.96. The summed E-state index contributed by atoms with van der Waals surface area (Å²) in [5.41, 5.74) is -0.324. The number of alkyl halides is 2. The molecule has 3 rings (SSSR count). The number of ether oxygens (including phenoxy) is 1. The Bertz CT molecular complexity index is 608. The molecule has 2 fully saturated rings. The molecule has 2 atom stereocenters. The van der Waals surface area contributed by atoms with Gasteiger partial charge in [-0.25, -0.2) is 4.98 Å². The summed E-state index contributed by atoms with van der Waals surface area (Å²) < 4.78 is 28.3. The highest BCUT2D eigenvalue weighted by atomic mass is 19.3. The van der Waals surface area contributed by atoms with E-state index in [2.05, 4.69) is 20.4 Å². The van der Waals surface area contributed by atoms with Gasteiger partial charge in [0.2, 0.25) is 11.8 Å². The molecule has 0 aromatic carbocycles. The Morgan fingerprint density at radius 2 is 2.26 bits per heavy atom. The maximum atomic E-state index is 12.4. The topological polar surface area (TPSA) is 80.3 Å². The highest BCUT2D eigenvalue weighted by molar-refractivity contribution is 5.95. The molecule has 8 heteroatoms. The van der Waals surface area contributed by atoms with Crippen molar-refractivity contribution in [3.8, 4) is 5.88 Å². The van der Waals surface area contributed by atoms with Crippen LogP contribution in [0.3, 0.4) is 0 Å². The highest BCUT2D eigenvalue weighted by Crippen LogP contribution is 2.35. The maximum Gasteiger partial charge on any atom is 0.388 e. The molecular weight excluding hydrogens is 308 g/mol. The number of hydrogen-bond acceptors (Lipinski definition) is 4. The largest absolute Gasteiger partial charge is 0.417 e. The predicted molar refractivity (Wildman–Crippen MR) is 76.1 cm³/mol. The van der Waals surface area contributed by atoms with E-state index >= 15 is 0 Å². The molecule has 0 unspecified atom stereocenters. The lowest BCUT2D eigenvalue weighted by molar-refractivity contribution is -0.119. The summed E-state index contributed by atoms with van der Waals surface area (Å²) in [7, 11) is 0. The van der Waals surface area contributed by atoms with Crippen molar-refractivity contribution in [3.05, 3.63) is 23.9 Å². The third-order valence-corrected chi connectivity index (χ3v) is 4.41. The molecule has 1 aliphatic carbocycles. The van der Waals surface area contributed by atoms with E-state index in [4.69, 9.17) is 0 Å². The van der Waals surface area contributed by atoms with Crippen molar-refractivity contribution in [2.24, 2.45) is 0 Å². The van der Waals surface area contributed by atoms with E-state index in [0.29, 0.717) is 0 Å². The number of hydrogen-bond donors (Lipinski definition) is 2. The monoisotopic (exact) mass is 325 g/mol. The summed E-state index contributed by atoms with van der Waals surface area (Å²) in [5.74, 6) is -0.677. The van der Waals surface area contributed by atoms with E-state index in [0.717, 1.165) is 25.7 Å². The lowest BCUT2D eigenvalue weighted by Gasteiger charge is -2.38. The second-order valence-electron chi connectivity index (χ2n) is 5.92. The molecule has 1 saturated carbocycles. The van der Waals surface area contributed by atoms with Gasteiger partial charge in [0.25, 0.3) is 5.91 Å². The van der Waals surface area contributed by atoms with Crippen LogP contribution in [-0.2, 0) is 4.79 Å². The third-order valence-electron chi connectivity index (χ3n) is 4.41. The Hall–Kier alpha value is -2.25. The van der Waals surface area contributed by atoms with Crippen LogP contribution in [0.5, 0.6) is 5.88 Å². The molecule has 2 aliphatic rings. The van der Waals surface area contributed by atoms with Crippen LogP contribution < -0.4 is 15.4 Å². The summed E-state index contributed by atoms with van der Waals surface area (Å²) in [4.78, 5) is 27.8. The molecule has 2 N–H and O–H groups in total. The number of rotatable bonds is 4. The van der Waals surface area contributed by atoms with E-state index in [1.807, 2.05) is 0 Å². The van der Waals surface area contributed by atoms with Crippen molar-refractivity contribution in [2.45, 2.75) is 50.3 Å². The molecule has 0 bridgehead atoms. The van der Waals surface area contributed by atoms with Gasteiger partial charge in [0.15, 0.2) is 0 Å². The molecule has 1 aromatic heterocycles. The van der Waals surface area contributed by atoms with Gasteiger partial charge >= 0.3 is 6.61 Å². The normalized spacial score (nSPS) is 26.6. The molecule has 1 aromatic rings. The average Bonchev–Trinajstić information content (AvgIpc) is 2.82. The number of aromatic nitrogens is 1. The first kappa shape index (κ1) is 15.6. The lowest BCUT2D eigenvalue weighted by Crippen LogP contribution is -2.57. The van der Waals surface area contributed by atoms with Crippen molar-refractivity contribution in [3.63, 3.8) is 0 Å². The van der Waals surface area contributed by atoms with Crippen molar-refractivity contribution >= 4 is 11.8 Å². The van der Waals surface area contributed by atoms with Crippen LogP contribution in [0.1, 0.15) is 42.5 Å². The van der Waals surface area contributed by atoms with Gasteiger partial charge in [-0.15, -0.1) is 0 Å². The minimum absolute atomic E-state index is 0.0536. The van der Waals surface area contributed by atoms with Crippen LogP contribution in [0.2, 0.25) is 0 Å². The zero-order valence-corrected chi connectivity index (χ0v) is 12.4. The Labute approximate surface area is 131 Å². The van der Waals surface area contributed by atoms with Gasteiger partial charge < -0.3 is 15.4 Å². The van der Waals surface area contributed by atoms with Gasteiger partial charge in [-0.2, -0.15) is 8.78 Å². The van der Waals surface area contributed by atoms with E-state index in [9.17, 15) is 18.4 Å². The quantitative estimate of drug-likeness (QED) is 0.881. The number of amides is 2. The predicted octanol–water partition coefficient (Wildman–Crippen LogP) is 1.61. The summed E-state index contributed by atoms with van der Waals surface area (Å²) in [6.07, 6.45) is 5.00. The Morgan fingerprint density at radius 3 is 2.96 bits per heavy atom. The zero-order chi connectivity index (χ0) is 16.4. The van der Waals surface area contributed by atoms with Crippen molar-refractivity contribution in [1.29, 1.82) is 0 Å². The number of halogens is 2. The molecule has 1 saturated heterocycles. The van der Waals surface area contributed by atoms with Crippen LogP contribution in [0, 0.1) is 0 Å². The number of nitrogens with one attached hydrogen (secondary N) is 2. The lowest BCUT2D eigenvalue weighted by atomic mass is 9.77. The SMILES string of the molecule is O=C1C[C@]2(NC(=O)c3ccc(OC(F)F)nc3)CCCC[C@@H]2N1. The first-order chi connectivity index (χ1) is 11.0. The maximum absolute atomic E-state index is 12.4. The van der Waals surface area contributed by atoms with Gasteiger partial charge in [-0.1, -0.05) is 12.8 Å². The van der Waals surface area contributed by atoms with Gasteiger partial charge in [-0.05, 0) is 18.9 Å². The number of fused-ring (bicyclic) bond motifs is 1. The smallest absolute Gasteiger partial charge is 0.388 e. The van der Waals surface area contributed by atoms with Crippen molar-refractivity contribution in [2.75, 3.05) is 0 Å². The van der Waals surface area contributed by atoms with Crippen LogP contribution in [-0.4, -0.2) is 35.0 Å². The minimum Gasteiger partial charge on any atom is -0.417 e. The number of pyridine rings is 1. The van der Waals surface area contributed by atoms with Crippen molar-refractivity contribution < 1.29 is 23.1 Å². The van der Waals surface area contributed by atoms with Crippen LogP contribution in [0.4, 0.5) is 8.78 Å². The molecule has 1 aliphatic heterocycles. The van der Waals surface area contributed by atoms with E-state index in [-0.39, 0.29) is 35.7 Å². The summed E-state index contributed by atoms with van der Waals surface area (Å²) in [6, 6.07) is 2.54. The first-order valence-corrected chi connectivity index (χ1v) is 7.51. The molecule has 2 heterocycles. The number of carbonyl (C=O) groups is 2. The first-order valence-electron chi connectivity index (χ1n) is 7.51. The fourth-order valence-corrected chi connectivity index (χ4v) is 3.36. The van der Waals surface area contributed by atoms with Gasteiger partial charge in [0.1, 0.15) is 0 Å². The van der Waals surface area contributed by atoms with E-state index in [1.54, 1.807) is 0 Å². The number of carbonyl (C=O) groups excluding carboxylic acids is 2. The Balaban J connectivity index is 1.72. The molecule has 0 radical (unpaired) electrons.